The van der Waals surface area contributed by atoms with Crippen molar-refractivity contribution in [1.82, 2.24) is 15.2 Å². The first-order valence-corrected chi connectivity index (χ1v) is 8.06. The molecular weight excluding hydrogens is 327 g/mol. The van der Waals surface area contributed by atoms with Crippen LogP contribution in [0, 0.1) is 6.92 Å². The fourth-order valence-electron chi connectivity index (χ4n) is 2.76. The molecule has 1 saturated heterocycles. The maximum Gasteiger partial charge on any atom is 0.433 e. The van der Waals surface area contributed by atoms with Gasteiger partial charge in [0.1, 0.15) is 10.5 Å². The van der Waals surface area contributed by atoms with Crippen molar-refractivity contribution in [2.24, 2.45) is 0 Å². The fraction of sp³-hybridized carbons (Fsp3) is 0.467. The SMILES string of the molecule is Cc1c(C(=O)N(C)C2CCNC2)sc2nc(C(F)(F)F)ccc12. The number of halogens is 3. The number of aryl methyl sites for hydroxylation is 1. The largest absolute Gasteiger partial charge is 0.433 e. The summed E-state index contributed by atoms with van der Waals surface area (Å²) in [5.74, 6) is -0.159. The van der Waals surface area contributed by atoms with Crippen LogP contribution in [0.2, 0.25) is 0 Å². The van der Waals surface area contributed by atoms with Crippen LogP contribution >= 0.6 is 11.3 Å². The number of rotatable bonds is 2. The van der Waals surface area contributed by atoms with Gasteiger partial charge in [0.2, 0.25) is 0 Å². The molecule has 4 nitrogen and oxygen atoms in total. The van der Waals surface area contributed by atoms with Crippen molar-refractivity contribution >= 4 is 27.5 Å². The number of pyridine rings is 1. The average molecular weight is 343 g/mol. The molecule has 1 atom stereocenters. The van der Waals surface area contributed by atoms with Crippen LogP contribution in [-0.2, 0) is 6.18 Å². The Morgan fingerprint density at radius 3 is 2.78 bits per heavy atom. The third-order valence-electron chi connectivity index (χ3n) is 4.19. The zero-order chi connectivity index (χ0) is 16.8. The number of aromatic nitrogens is 1. The Morgan fingerprint density at radius 1 is 1.43 bits per heavy atom. The maximum absolute atomic E-state index is 12.8. The standard InChI is InChI=1S/C15H16F3N3OS/c1-8-10-3-4-11(15(16,17)18)20-13(10)23-12(8)14(22)21(2)9-5-6-19-7-9/h3-4,9,19H,5-7H2,1-2H3. The number of likely N-dealkylation sites (N-methyl/N-ethyl adjacent to an activating group) is 1. The van der Waals surface area contributed by atoms with E-state index in [4.69, 9.17) is 0 Å². The highest BCUT2D eigenvalue weighted by Crippen LogP contribution is 2.34. The number of nitrogens with one attached hydrogen (secondary N) is 1. The van der Waals surface area contributed by atoms with Gasteiger partial charge in [-0.05, 0) is 37.6 Å². The van der Waals surface area contributed by atoms with Crippen LogP contribution in [0.1, 0.15) is 27.3 Å². The summed E-state index contributed by atoms with van der Waals surface area (Å²) >= 11 is 1.03. The summed E-state index contributed by atoms with van der Waals surface area (Å²) in [6.45, 7) is 3.36. The molecular formula is C15H16F3N3OS. The highest BCUT2D eigenvalue weighted by atomic mass is 32.1. The van der Waals surface area contributed by atoms with Crippen LogP contribution in [0.4, 0.5) is 13.2 Å². The highest BCUT2D eigenvalue weighted by Gasteiger charge is 2.33. The molecule has 0 aliphatic carbocycles. The van der Waals surface area contributed by atoms with Gasteiger partial charge >= 0.3 is 6.18 Å². The molecule has 0 aromatic carbocycles. The lowest BCUT2D eigenvalue weighted by Gasteiger charge is -2.23. The smallest absolute Gasteiger partial charge is 0.337 e. The lowest BCUT2D eigenvalue weighted by molar-refractivity contribution is -0.140. The van der Waals surface area contributed by atoms with Crippen molar-refractivity contribution in [2.45, 2.75) is 25.6 Å². The molecule has 124 valence electrons. The van der Waals surface area contributed by atoms with Gasteiger partial charge < -0.3 is 10.2 Å². The number of hydrogen-bond acceptors (Lipinski definition) is 4. The number of carbonyl (C=O) groups excluding carboxylic acids is 1. The van der Waals surface area contributed by atoms with Crippen LogP contribution < -0.4 is 5.32 Å². The van der Waals surface area contributed by atoms with Crippen molar-refractivity contribution in [3.8, 4) is 0 Å². The molecule has 0 radical (unpaired) electrons. The van der Waals surface area contributed by atoms with Crippen molar-refractivity contribution in [1.29, 1.82) is 0 Å². The van der Waals surface area contributed by atoms with Crippen LogP contribution in [-0.4, -0.2) is 42.0 Å². The maximum atomic E-state index is 12.8. The van der Waals surface area contributed by atoms with Gasteiger partial charge in [0.25, 0.3) is 5.91 Å². The molecule has 0 saturated carbocycles. The zero-order valence-electron chi connectivity index (χ0n) is 12.7. The van der Waals surface area contributed by atoms with E-state index in [0.717, 1.165) is 36.9 Å². The van der Waals surface area contributed by atoms with E-state index in [1.807, 2.05) is 0 Å². The molecule has 1 N–H and O–H groups in total. The van der Waals surface area contributed by atoms with Crippen LogP contribution in [0.3, 0.4) is 0 Å². The number of hydrogen-bond donors (Lipinski definition) is 1. The fourth-order valence-corrected chi connectivity index (χ4v) is 3.92. The third kappa shape index (κ3) is 2.92. The molecule has 3 heterocycles. The molecule has 1 aliphatic heterocycles. The molecule has 2 aromatic rings. The van der Waals surface area contributed by atoms with E-state index in [0.29, 0.717) is 15.8 Å². The third-order valence-corrected chi connectivity index (χ3v) is 5.38. The monoisotopic (exact) mass is 343 g/mol. The van der Waals surface area contributed by atoms with Crippen LogP contribution in [0.25, 0.3) is 10.2 Å². The number of nitrogens with zero attached hydrogens (tertiary/aromatic N) is 2. The molecule has 3 rings (SSSR count). The first kappa shape index (κ1) is 16.2. The Kier molecular flexibility index (Phi) is 4.05. The molecule has 1 aliphatic rings. The molecule has 2 aromatic heterocycles. The Labute approximate surface area is 135 Å². The van der Waals surface area contributed by atoms with Crippen LogP contribution in [0.5, 0.6) is 0 Å². The number of fused-ring (bicyclic) bond motifs is 1. The molecule has 1 fully saturated rings. The Morgan fingerprint density at radius 2 is 2.17 bits per heavy atom. The summed E-state index contributed by atoms with van der Waals surface area (Å²) in [5.41, 5.74) is -0.243. The van der Waals surface area contributed by atoms with Crippen molar-refractivity contribution in [2.75, 3.05) is 20.1 Å². The van der Waals surface area contributed by atoms with Gasteiger partial charge in [0.15, 0.2) is 0 Å². The van der Waals surface area contributed by atoms with Gasteiger partial charge in [-0.15, -0.1) is 11.3 Å². The van der Waals surface area contributed by atoms with E-state index in [9.17, 15) is 18.0 Å². The van der Waals surface area contributed by atoms with Gasteiger partial charge in [-0.1, -0.05) is 0 Å². The molecule has 1 amide bonds. The van der Waals surface area contributed by atoms with Gasteiger partial charge in [-0.25, -0.2) is 4.98 Å². The summed E-state index contributed by atoms with van der Waals surface area (Å²) in [5, 5.41) is 3.80. The minimum Gasteiger partial charge on any atom is -0.337 e. The van der Waals surface area contributed by atoms with Gasteiger partial charge in [-0.2, -0.15) is 13.2 Å². The number of alkyl halides is 3. The van der Waals surface area contributed by atoms with Crippen LogP contribution in [0.15, 0.2) is 12.1 Å². The summed E-state index contributed by atoms with van der Waals surface area (Å²) in [4.78, 5) is 18.7. The number of carbonyl (C=O) groups is 1. The second-order valence-corrected chi connectivity index (χ2v) is 6.66. The highest BCUT2D eigenvalue weighted by molar-refractivity contribution is 7.20. The average Bonchev–Trinajstić information content (AvgIpc) is 3.13. The summed E-state index contributed by atoms with van der Waals surface area (Å²) < 4.78 is 38.3. The second kappa shape index (κ2) is 5.76. The Bertz CT molecular complexity index is 750. The van der Waals surface area contributed by atoms with Crippen molar-refractivity contribution in [3.63, 3.8) is 0 Å². The Hall–Kier alpha value is -1.67. The summed E-state index contributed by atoms with van der Waals surface area (Å²) in [7, 11) is 1.73. The molecule has 0 bridgehead atoms. The molecule has 1 unspecified atom stereocenters. The van der Waals surface area contributed by atoms with Gasteiger partial charge in [0, 0.05) is 25.0 Å². The van der Waals surface area contributed by atoms with Gasteiger partial charge in [-0.3, -0.25) is 4.79 Å². The van der Waals surface area contributed by atoms with E-state index < -0.39 is 11.9 Å². The molecule has 8 heteroatoms. The first-order chi connectivity index (χ1) is 10.8. The van der Waals surface area contributed by atoms with Gasteiger partial charge in [0.05, 0.1) is 4.88 Å². The summed E-state index contributed by atoms with van der Waals surface area (Å²) in [6, 6.07) is 2.47. The summed E-state index contributed by atoms with van der Waals surface area (Å²) in [6.07, 6.45) is -3.61. The molecule has 0 spiro atoms. The second-order valence-electron chi connectivity index (χ2n) is 5.67. The number of thiophene rings is 1. The van der Waals surface area contributed by atoms with E-state index >= 15 is 0 Å². The van der Waals surface area contributed by atoms with E-state index in [-0.39, 0.29) is 16.8 Å². The number of amides is 1. The lowest BCUT2D eigenvalue weighted by Crippen LogP contribution is -2.38. The zero-order valence-corrected chi connectivity index (χ0v) is 13.5. The predicted octanol–water partition coefficient (Wildman–Crippen LogP) is 3.06. The topological polar surface area (TPSA) is 45.2 Å². The molecule has 23 heavy (non-hydrogen) atoms. The van der Waals surface area contributed by atoms with Crippen molar-refractivity contribution in [3.05, 3.63) is 28.3 Å². The normalized spacial score (nSPS) is 18.6. The minimum atomic E-state index is -4.48. The predicted molar refractivity (Wildman–Crippen MR) is 82.7 cm³/mol. The first-order valence-electron chi connectivity index (χ1n) is 7.24. The minimum absolute atomic E-state index is 0.116. The van der Waals surface area contributed by atoms with E-state index in [2.05, 4.69) is 10.3 Å². The van der Waals surface area contributed by atoms with E-state index in [1.54, 1.807) is 18.9 Å². The van der Waals surface area contributed by atoms with E-state index in [1.165, 1.54) is 6.07 Å². The quantitative estimate of drug-likeness (QED) is 0.912. The lowest BCUT2D eigenvalue weighted by atomic mass is 10.1. The van der Waals surface area contributed by atoms with Crippen molar-refractivity contribution < 1.29 is 18.0 Å². The Balaban J connectivity index is 1.97.